The first-order valence-corrected chi connectivity index (χ1v) is 6.27. The molecule has 0 aliphatic carbocycles. The number of nitrogens with one attached hydrogen (secondary N) is 1. The molecule has 78 valence electrons. The molecule has 0 saturated heterocycles. The van der Waals surface area contributed by atoms with Crippen LogP contribution >= 0.6 is 39.3 Å². The van der Waals surface area contributed by atoms with Gasteiger partial charge in [-0.25, -0.2) is 5.43 Å². The summed E-state index contributed by atoms with van der Waals surface area (Å²) in [4.78, 5) is 10.9. The maximum atomic E-state index is 10.9. The van der Waals surface area contributed by atoms with Crippen molar-refractivity contribution in [3.8, 4) is 0 Å². The van der Waals surface area contributed by atoms with Gasteiger partial charge >= 0.3 is 0 Å². The Hall–Kier alpha value is -0.520. The van der Waals surface area contributed by atoms with Crippen molar-refractivity contribution in [1.29, 1.82) is 0 Å². The zero-order valence-corrected chi connectivity index (χ0v) is 10.6. The van der Waals surface area contributed by atoms with Gasteiger partial charge in [-0.05, 0) is 28.1 Å². The Balaban J connectivity index is 2.30. The van der Waals surface area contributed by atoms with Crippen LogP contribution in [-0.4, -0.2) is 16.7 Å². The molecule has 0 saturated carbocycles. The number of hydrogen-bond donors (Lipinski definition) is 1. The summed E-state index contributed by atoms with van der Waals surface area (Å²) in [6.07, 6.45) is 0. The van der Waals surface area contributed by atoms with Gasteiger partial charge < -0.3 is 0 Å². The molecule has 0 atom stereocenters. The monoisotopic (exact) mass is 304 g/mol. The van der Waals surface area contributed by atoms with Crippen LogP contribution in [0.3, 0.4) is 0 Å². The van der Waals surface area contributed by atoms with Crippen LogP contribution in [0.1, 0.15) is 5.56 Å². The molecule has 0 spiro atoms. The van der Waals surface area contributed by atoms with Crippen LogP contribution in [0.25, 0.3) is 0 Å². The Morgan fingerprint density at radius 3 is 2.93 bits per heavy atom. The Kier molecular flexibility index (Phi) is 3.33. The third-order valence-electron chi connectivity index (χ3n) is 1.87. The lowest BCUT2D eigenvalue weighted by Crippen LogP contribution is -2.23. The van der Waals surface area contributed by atoms with Crippen molar-refractivity contribution in [1.82, 2.24) is 5.43 Å². The number of carbonyl (C=O) groups is 1. The van der Waals surface area contributed by atoms with Gasteiger partial charge in [-0.3, -0.25) is 4.79 Å². The normalized spacial score (nSPS) is 15.9. The number of hydrogen-bond acceptors (Lipinski definition) is 3. The van der Waals surface area contributed by atoms with E-state index in [9.17, 15) is 4.79 Å². The van der Waals surface area contributed by atoms with Crippen LogP contribution in [0, 0.1) is 0 Å². The average molecular weight is 306 g/mol. The summed E-state index contributed by atoms with van der Waals surface area (Å²) in [5.74, 6) is 0.573. The predicted molar refractivity (Wildman–Crippen MR) is 66.7 cm³/mol. The molecule has 1 aromatic rings. The Morgan fingerprint density at radius 1 is 1.53 bits per heavy atom. The fourth-order valence-electron chi connectivity index (χ4n) is 1.14. The molecule has 0 fully saturated rings. The van der Waals surface area contributed by atoms with E-state index in [-0.39, 0.29) is 5.24 Å². The molecule has 1 aliphatic rings. The summed E-state index contributed by atoms with van der Waals surface area (Å²) >= 11 is 10.5. The van der Waals surface area contributed by atoms with E-state index >= 15 is 0 Å². The fraction of sp³-hybridized carbons (Fsp3) is 0.111. The number of halogens is 2. The van der Waals surface area contributed by atoms with Crippen LogP contribution in [0.5, 0.6) is 0 Å². The average Bonchev–Trinajstić information content (AvgIpc) is 2.23. The molecule has 1 aliphatic heterocycles. The van der Waals surface area contributed by atoms with Gasteiger partial charge in [0.1, 0.15) is 0 Å². The zero-order valence-electron chi connectivity index (χ0n) is 7.46. The maximum Gasteiger partial charge on any atom is 0.299 e. The first kappa shape index (κ1) is 11.0. The van der Waals surface area contributed by atoms with Gasteiger partial charge in [-0.15, -0.1) is 0 Å². The molecule has 1 heterocycles. The van der Waals surface area contributed by atoms with E-state index < -0.39 is 0 Å². The van der Waals surface area contributed by atoms with Gasteiger partial charge in [0.15, 0.2) is 0 Å². The molecule has 0 bridgehead atoms. The summed E-state index contributed by atoms with van der Waals surface area (Å²) in [5.41, 5.74) is 4.18. The van der Waals surface area contributed by atoms with Crippen molar-refractivity contribution in [3.63, 3.8) is 0 Å². The minimum Gasteiger partial charge on any atom is -0.260 e. The summed E-state index contributed by atoms with van der Waals surface area (Å²) < 4.78 is 0.848. The van der Waals surface area contributed by atoms with Crippen molar-refractivity contribution in [2.45, 2.75) is 0 Å². The van der Waals surface area contributed by atoms with Crippen molar-refractivity contribution in [3.05, 3.63) is 33.3 Å². The number of thioether (sulfide) groups is 1. The van der Waals surface area contributed by atoms with E-state index in [1.54, 1.807) is 0 Å². The zero-order chi connectivity index (χ0) is 10.8. The molecule has 0 unspecified atom stereocenters. The van der Waals surface area contributed by atoms with Gasteiger partial charge in [0.2, 0.25) is 0 Å². The van der Waals surface area contributed by atoms with Gasteiger partial charge in [0.05, 0.1) is 10.7 Å². The summed E-state index contributed by atoms with van der Waals surface area (Å²) in [7, 11) is 0. The molecular weight excluding hydrogens is 300 g/mol. The minimum absolute atomic E-state index is 0.123. The molecule has 1 aromatic carbocycles. The topological polar surface area (TPSA) is 41.5 Å². The lowest BCUT2D eigenvalue weighted by molar-refractivity contribution is 0.261. The standard InChI is InChI=1S/C9H6BrClN2OS/c10-6-2-1-5(3-7(6)11)8-4-15-9(14)13-12-8/h1-3H,4H2,(H,13,14). The van der Waals surface area contributed by atoms with E-state index in [0.717, 1.165) is 15.7 Å². The highest BCUT2D eigenvalue weighted by molar-refractivity contribution is 9.10. The third-order valence-corrected chi connectivity index (χ3v) is 3.88. The molecule has 1 amide bonds. The molecule has 6 heteroatoms. The second-order valence-electron chi connectivity index (χ2n) is 2.88. The minimum atomic E-state index is -0.123. The highest BCUT2D eigenvalue weighted by atomic mass is 79.9. The van der Waals surface area contributed by atoms with E-state index in [0.29, 0.717) is 10.8 Å². The number of benzene rings is 1. The fourth-order valence-corrected chi connectivity index (χ4v) is 2.17. The van der Waals surface area contributed by atoms with Crippen LogP contribution in [0.15, 0.2) is 27.8 Å². The Morgan fingerprint density at radius 2 is 2.33 bits per heavy atom. The third kappa shape index (κ3) is 2.53. The van der Waals surface area contributed by atoms with Crippen molar-refractivity contribution in [2.75, 3.05) is 5.75 Å². The second kappa shape index (κ2) is 4.55. The molecule has 2 rings (SSSR count). The molecular formula is C9H6BrClN2OS. The summed E-state index contributed by atoms with van der Waals surface area (Å²) in [6.45, 7) is 0. The number of carbonyl (C=O) groups excluding carboxylic acids is 1. The molecule has 3 nitrogen and oxygen atoms in total. The maximum absolute atomic E-state index is 10.9. The predicted octanol–water partition coefficient (Wildman–Crippen LogP) is 3.26. The first-order valence-electron chi connectivity index (χ1n) is 4.11. The lowest BCUT2D eigenvalue weighted by atomic mass is 10.1. The SMILES string of the molecule is O=C1NN=C(c2ccc(Br)c(Cl)c2)CS1. The summed E-state index contributed by atoms with van der Waals surface area (Å²) in [5, 5.41) is 4.49. The lowest BCUT2D eigenvalue weighted by Gasteiger charge is -2.11. The van der Waals surface area contributed by atoms with Crippen LogP contribution in [-0.2, 0) is 0 Å². The smallest absolute Gasteiger partial charge is 0.260 e. The largest absolute Gasteiger partial charge is 0.299 e. The van der Waals surface area contributed by atoms with Crippen LogP contribution < -0.4 is 5.43 Å². The van der Waals surface area contributed by atoms with E-state index in [2.05, 4.69) is 26.5 Å². The molecule has 0 aromatic heterocycles. The van der Waals surface area contributed by atoms with E-state index in [1.807, 2.05) is 18.2 Å². The Bertz CT molecular complexity index is 450. The van der Waals surface area contributed by atoms with Crippen molar-refractivity contribution in [2.24, 2.45) is 5.10 Å². The second-order valence-corrected chi connectivity index (χ2v) is 5.08. The van der Waals surface area contributed by atoms with Gasteiger partial charge in [0.25, 0.3) is 5.24 Å². The molecule has 1 N–H and O–H groups in total. The first-order chi connectivity index (χ1) is 7.16. The van der Waals surface area contributed by atoms with Crippen LogP contribution in [0.4, 0.5) is 4.79 Å². The Labute approximate surface area is 104 Å². The van der Waals surface area contributed by atoms with Crippen molar-refractivity contribution >= 4 is 50.2 Å². The molecule has 15 heavy (non-hydrogen) atoms. The number of amides is 1. The number of hydrazone groups is 1. The van der Waals surface area contributed by atoms with Gasteiger partial charge in [0, 0.05) is 15.8 Å². The van der Waals surface area contributed by atoms with Crippen LogP contribution in [0.2, 0.25) is 5.02 Å². The number of rotatable bonds is 1. The van der Waals surface area contributed by atoms with Gasteiger partial charge in [-0.1, -0.05) is 29.4 Å². The molecule has 0 radical (unpaired) electrons. The summed E-state index contributed by atoms with van der Waals surface area (Å²) in [6, 6.07) is 5.59. The van der Waals surface area contributed by atoms with E-state index in [1.165, 1.54) is 11.8 Å². The highest BCUT2D eigenvalue weighted by Gasteiger charge is 2.14. The van der Waals surface area contributed by atoms with E-state index in [4.69, 9.17) is 11.6 Å². The highest BCUT2D eigenvalue weighted by Crippen LogP contribution is 2.24. The quantitative estimate of drug-likeness (QED) is 0.865. The van der Waals surface area contributed by atoms with Gasteiger partial charge in [-0.2, -0.15) is 5.10 Å². The number of nitrogens with zero attached hydrogens (tertiary/aromatic N) is 1. The van der Waals surface area contributed by atoms with Crippen molar-refractivity contribution < 1.29 is 4.79 Å².